The highest BCUT2D eigenvalue weighted by molar-refractivity contribution is 7.99. The summed E-state index contributed by atoms with van der Waals surface area (Å²) in [6, 6.07) is 17.6. The standard InChI is InChI=1S/C24H27N3O3S2/c1-4-15-25-24(28)19-7-14-23(26-16-19)31-21-10-8-20(9-11-21)27-32(29,30)22-12-5-18(6-13-22)17(2)3/h5-14,16-17,27H,4,15H2,1-3H3,(H,25,28). The molecule has 3 rings (SSSR count). The van der Waals surface area contributed by atoms with E-state index in [1.165, 1.54) is 11.8 Å². The maximum absolute atomic E-state index is 12.7. The molecule has 0 fully saturated rings. The molecule has 1 amide bonds. The van der Waals surface area contributed by atoms with Gasteiger partial charge in [-0.05, 0) is 66.4 Å². The number of rotatable bonds is 9. The van der Waals surface area contributed by atoms with E-state index in [1.54, 1.807) is 42.6 Å². The summed E-state index contributed by atoms with van der Waals surface area (Å²) >= 11 is 1.43. The highest BCUT2D eigenvalue weighted by Gasteiger charge is 2.14. The molecule has 3 aromatic rings. The largest absolute Gasteiger partial charge is 0.352 e. The van der Waals surface area contributed by atoms with Gasteiger partial charge in [0.15, 0.2) is 0 Å². The molecule has 0 aliphatic heterocycles. The molecule has 0 spiro atoms. The van der Waals surface area contributed by atoms with Crippen LogP contribution in [0.3, 0.4) is 0 Å². The van der Waals surface area contributed by atoms with Crippen LogP contribution in [-0.4, -0.2) is 25.9 Å². The van der Waals surface area contributed by atoms with Crippen molar-refractivity contribution in [1.82, 2.24) is 10.3 Å². The van der Waals surface area contributed by atoms with Crippen LogP contribution >= 0.6 is 11.8 Å². The highest BCUT2D eigenvalue weighted by atomic mass is 32.2. The van der Waals surface area contributed by atoms with Gasteiger partial charge in [-0.3, -0.25) is 9.52 Å². The number of sulfonamides is 1. The van der Waals surface area contributed by atoms with Crippen LogP contribution in [0.25, 0.3) is 0 Å². The molecule has 0 aliphatic rings. The zero-order chi connectivity index (χ0) is 23.1. The Hall–Kier alpha value is -2.84. The van der Waals surface area contributed by atoms with Crippen molar-refractivity contribution in [3.8, 4) is 0 Å². The van der Waals surface area contributed by atoms with Crippen LogP contribution in [0.2, 0.25) is 0 Å². The summed E-state index contributed by atoms with van der Waals surface area (Å²) in [6.07, 6.45) is 2.43. The summed E-state index contributed by atoms with van der Waals surface area (Å²) in [4.78, 5) is 17.4. The maximum Gasteiger partial charge on any atom is 0.261 e. The minimum Gasteiger partial charge on any atom is -0.352 e. The van der Waals surface area contributed by atoms with Gasteiger partial charge in [-0.25, -0.2) is 13.4 Å². The average molecular weight is 470 g/mol. The first-order chi connectivity index (χ1) is 15.3. The van der Waals surface area contributed by atoms with Crippen molar-refractivity contribution in [2.24, 2.45) is 0 Å². The Morgan fingerprint density at radius 1 is 1.00 bits per heavy atom. The Bertz CT molecular complexity index is 1140. The molecular formula is C24H27N3O3S2. The number of anilines is 1. The first-order valence-corrected chi connectivity index (χ1v) is 12.7. The van der Waals surface area contributed by atoms with Crippen LogP contribution in [0.4, 0.5) is 5.69 Å². The van der Waals surface area contributed by atoms with E-state index in [0.29, 0.717) is 23.7 Å². The first-order valence-electron chi connectivity index (χ1n) is 10.4. The number of benzene rings is 2. The fourth-order valence-corrected chi connectivity index (χ4v) is 4.69. The molecule has 32 heavy (non-hydrogen) atoms. The lowest BCUT2D eigenvalue weighted by Gasteiger charge is -2.10. The molecule has 0 saturated heterocycles. The van der Waals surface area contributed by atoms with Crippen molar-refractivity contribution < 1.29 is 13.2 Å². The molecular weight excluding hydrogens is 442 g/mol. The predicted molar refractivity (Wildman–Crippen MR) is 129 cm³/mol. The number of carbonyl (C=O) groups is 1. The van der Waals surface area contributed by atoms with E-state index in [4.69, 9.17) is 0 Å². The summed E-state index contributed by atoms with van der Waals surface area (Å²) in [6.45, 7) is 6.76. The van der Waals surface area contributed by atoms with Gasteiger partial charge in [0.05, 0.1) is 10.5 Å². The Labute approximate surface area is 193 Å². The van der Waals surface area contributed by atoms with Gasteiger partial charge < -0.3 is 5.32 Å². The monoisotopic (exact) mass is 469 g/mol. The zero-order valence-electron chi connectivity index (χ0n) is 18.3. The lowest BCUT2D eigenvalue weighted by atomic mass is 10.0. The molecule has 1 aromatic heterocycles. The number of aromatic nitrogens is 1. The smallest absolute Gasteiger partial charge is 0.261 e. The van der Waals surface area contributed by atoms with E-state index in [1.807, 2.05) is 31.2 Å². The lowest BCUT2D eigenvalue weighted by Crippen LogP contribution is -2.23. The average Bonchev–Trinajstić information content (AvgIpc) is 2.79. The summed E-state index contributed by atoms with van der Waals surface area (Å²) in [5.41, 5.74) is 2.10. The number of pyridine rings is 1. The van der Waals surface area contributed by atoms with E-state index in [-0.39, 0.29) is 10.8 Å². The van der Waals surface area contributed by atoms with E-state index in [2.05, 4.69) is 28.9 Å². The van der Waals surface area contributed by atoms with Crippen LogP contribution in [0, 0.1) is 0 Å². The fraction of sp³-hybridized carbons (Fsp3) is 0.250. The predicted octanol–water partition coefficient (Wildman–Crippen LogP) is 5.30. The van der Waals surface area contributed by atoms with Gasteiger partial charge in [-0.15, -0.1) is 0 Å². The number of carbonyl (C=O) groups excluding carboxylic acids is 1. The third-order valence-electron chi connectivity index (χ3n) is 4.72. The van der Waals surface area contributed by atoms with Crippen molar-refractivity contribution in [1.29, 1.82) is 0 Å². The number of amides is 1. The molecule has 0 unspecified atom stereocenters. The van der Waals surface area contributed by atoms with Crippen LogP contribution in [0.15, 0.2) is 81.7 Å². The van der Waals surface area contributed by atoms with Gasteiger partial charge in [0.2, 0.25) is 0 Å². The van der Waals surface area contributed by atoms with E-state index in [9.17, 15) is 13.2 Å². The van der Waals surface area contributed by atoms with Crippen LogP contribution in [0.5, 0.6) is 0 Å². The maximum atomic E-state index is 12.7. The fourth-order valence-electron chi connectivity index (χ4n) is 2.87. The van der Waals surface area contributed by atoms with E-state index >= 15 is 0 Å². The quantitative estimate of drug-likeness (QED) is 0.444. The Kier molecular flexibility index (Phi) is 7.93. The Morgan fingerprint density at radius 2 is 1.69 bits per heavy atom. The van der Waals surface area contributed by atoms with Gasteiger partial charge in [0, 0.05) is 23.3 Å². The minimum atomic E-state index is -3.65. The van der Waals surface area contributed by atoms with Gasteiger partial charge >= 0.3 is 0 Å². The van der Waals surface area contributed by atoms with Crippen molar-refractivity contribution in [2.45, 2.75) is 47.9 Å². The second-order valence-corrected chi connectivity index (χ2v) is 10.4. The molecule has 0 saturated carbocycles. The highest BCUT2D eigenvalue weighted by Crippen LogP contribution is 2.28. The number of nitrogens with one attached hydrogen (secondary N) is 2. The van der Waals surface area contributed by atoms with Gasteiger partial charge in [-0.1, -0.05) is 44.7 Å². The summed E-state index contributed by atoms with van der Waals surface area (Å²) < 4.78 is 27.9. The van der Waals surface area contributed by atoms with Crippen molar-refractivity contribution in [3.63, 3.8) is 0 Å². The Balaban J connectivity index is 1.63. The topological polar surface area (TPSA) is 88.2 Å². The SMILES string of the molecule is CCCNC(=O)c1ccc(Sc2ccc(NS(=O)(=O)c3ccc(C(C)C)cc3)cc2)nc1. The number of hydrogen-bond acceptors (Lipinski definition) is 5. The molecule has 0 bridgehead atoms. The Morgan fingerprint density at radius 3 is 2.25 bits per heavy atom. The van der Waals surface area contributed by atoms with Crippen molar-refractivity contribution in [3.05, 3.63) is 78.0 Å². The number of hydrogen-bond donors (Lipinski definition) is 2. The molecule has 6 nitrogen and oxygen atoms in total. The number of nitrogens with zero attached hydrogens (tertiary/aromatic N) is 1. The molecule has 8 heteroatoms. The molecule has 1 heterocycles. The van der Waals surface area contributed by atoms with Crippen LogP contribution in [0.1, 0.15) is 49.0 Å². The van der Waals surface area contributed by atoms with E-state index in [0.717, 1.165) is 21.9 Å². The molecule has 2 N–H and O–H groups in total. The second-order valence-electron chi connectivity index (χ2n) is 7.60. The van der Waals surface area contributed by atoms with Crippen molar-refractivity contribution >= 4 is 33.4 Å². The summed E-state index contributed by atoms with van der Waals surface area (Å²) in [5, 5.41) is 3.57. The van der Waals surface area contributed by atoms with Gasteiger partial charge in [0.1, 0.15) is 5.03 Å². The molecule has 168 valence electrons. The summed E-state index contributed by atoms with van der Waals surface area (Å²) in [5.74, 6) is 0.208. The van der Waals surface area contributed by atoms with Crippen LogP contribution < -0.4 is 10.0 Å². The molecule has 0 aliphatic carbocycles. The summed E-state index contributed by atoms with van der Waals surface area (Å²) in [7, 11) is -3.65. The van der Waals surface area contributed by atoms with Crippen molar-refractivity contribution in [2.75, 3.05) is 11.3 Å². The molecule has 0 radical (unpaired) electrons. The zero-order valence-corrected chi connectivity index (χ0v) is 20.0. The second kappa shape index (κ2) is 10.7. The lowest BCUT2D eigenvalue weighted by molar-refractivity contribution is 0.0953. The third kappa shape index (κ3) is 6.34. The minimum absolute atomic E-state index is 0.133. The van der Waals surface area contributed by atoms with E-state index < -0.39 is 10.0 Å². The third-order valence-corrected chi connectivity index (χ3v) is 7.08. The molecule has 2 aromatic carbocycles. The van der Waals surface area contributed by atoms with Gasteiger partial charge in [0.25, 0.3) is 15.9 Å². The first kappa shape index (κ1) is 23.8. The molecule has 0 atom stereocenters. The van der Waals surface area contributed by atoms with Gasteiger partial charge in [-0.2, -0.15) is 0 Å². The normalized spacial score (nSPS) is 11.4. The van der Waals surface area contributed by atoms with Crippen LogP contribution in [-0.2, 0) is 10.0 Å².